The zero-order chi connectivity index (χ0) is 14.8. The van der Waals surface area contributed by atoms with Crippen LogP contribution < -0.4 is 5.56 Å². The van der Waals surface area contributed by atoms with Gasteiger partial charge in [0, 0.05) is 38.4 Å². The normalized spacial score (nSPS) is 20.8. The zero-order valence-electron chi connectivity index (χ0n) is 12.2. The van der Waals surface area contributed by atoms with E-state index >= 15 is 0 Å². The van der Waals surface area contributed by atoms with E-state index in [4.69, 9.17) is 4.52 Å². The van der Waals surface area contributed by atoms with Crippen molar-refractivity contribution in [1.29, 1.82) is 0 Å². The molecule has 0 amide bonds. The number of hydrogen-bond acceptors (Lipinski definition) is 6. The molecule has 7 heteroatoms. The number of H-pyrrole nitrogens is 1. The maximum absolute atomic E-state index is 11.1. The van der Waals surface area contributed by atoms with Crippen LogP contribution in [0.25, 0.3) is 0 Å². The first-order valence-electron chi connectivity index (χ1n) is 7.02. The summed E-state index contributed by atoms with van der Waals surface area (Å²) in [5.74, 6) is 1.33. The van der Waals surface area contributed by atoms with E-state index in [1.54, 1.807) is 12.3 Å². The molecule has 0 aromatic carbocycles. The molecule has 7 nitrogen and oxygen atoms in total. The standard InChI is InChI=1S/C14H19N5O2/c1-10-16-14(21-17-10)12-9-19(6-5-18(12)2)8-11-3-4-13(20)15-7-11/h3-4,7,12H,5-6,8-9H2,1-2H3,(H,15,20)/t12-/m0/s1. The second-order valence-electron chi connectivity index (χ2n) is 5.47. The van der Waals surface area contributed by atoms with Gasteiger partial charge < -0.3 is 9.51 Å². The highest BCUT2D eigenvalue weighted by Gasteiger charge is 2.29. The van der Waals surface area contributed by atoms with Gasteiger partial charge in [0.15, 0.2) is 5.82 Å². The van der Waals surface area contributed by atoms with Gasteiger partial charge in [-0.15, -0.1) is 0 Å². The Hall–Kier alpha value is -1.99. The summed E-state index contributed by atoms with van der Waals surface area (Å²) in [5.41, 5.74) is 1.02. The number of likely N-dealkylation sites (N-methyl/N-ethyl adjacent to an activating group) is 1. The first-order chi connectivity index (χ1) is 10.1. The molecule has 0 unspecified atom stereocenters. The van der Waals surface area contributed by atoms with Gasteiger partial charge in [0.05, 0.1) is 0 Å². The number of hydrogen-bond donors (Lipinski definition) is 1. The Morgan fingerprint density at radius 1 is 1.43 bits per heavy atom. The Balaban J connectivity index is 1.70. The number of aromatic nitrogens is 3. The predicted molar refractivity (Wildman–Crippen MR) is 76.7 cm³/mol. The van der Waals surface area contributed by atoms with Crippen LogP contribution in [-0.2, 0) is 6.54 Å². The summed E-state index contributed by atoms with van der Waals surface area (Å²) in [6.07, 6.45) is 1.77. The Morgan fingerprint density at radius 3 is 2.95 bits per heavy atom. The minimum Gasteiger partial charge on any atom is -0.338 e. The Labute approximate surface area is 122 Å². The Kier molecular flexibility index (Phi) is 3.85. The molecule has 1 fully saturated rings. The lowest BCUT2D eigenvalue weighted by Gasteiger charge is -2.37. The maximum Gasteiger partial charge on any atom is 0.247 e. The van der Waals surface area contributed by atoms with Crippen LogP contribution in [0.2, 0.25) is 0 Å². The Morgan fingerprint density at radius 2 is 2.29 bits per heavy atom. The van der Waals surface area contributed by atoms with E-state index in [2.05, 4.69) is 32.0 Å². The van der Waals surface area contributed by atoms with E-state index in [0.29, 0.717) is 11.7 Å². The third-order valence-electron chi connectivity index (χ3n) is 3.82. The van der Waals surface area contributed by atoms with Gasteiger partial charge in [-0.1, -0.05) is 11.2 Å². The van der Waals surface area contributed by atoms with Crippen LogP contribution in [0.15, 0.2) is 27.6 Å². The molecule has 1 atom stereocenters. The molecule has 0 bridgehead atoms. The van der Waals surface area contributed by atoms with E-state index in [-0.39, 0.29) is 11.6 Å². The molecule has 3 rings (SSSR count). The lowest BCUT2D eigenvalue weighted by Crippen LogP contribution is -2.46. The van der Waals surface area contributed by atoms with Gasteiger partial charge in [0.25, 0.3) is 0 Å². The molecule has 0 saturated carbocycles. The van der Waals surface area contributed by atoms with Gasteiger partial charge in [-0.2, -0.15) is 4.98 Å². The predicted octanol–water partition coefficient (Wildman–Crippen LogP) is 0.555. The second-order valence-corrected chi connectivity index (χ2v) is 5.47. The molecule has 3 heterocycles. The number of nitrogens with zero attached hydrogens (tertiary/aromatic N) is 4. The summed E-state index contributed by atoms with van der Waals surface area (Å²) in [6, 6.07) is 3.54. The van der Waals surface area contributed by atoms with Crippen LogP contribution in [0.4, 0.5) is 0 Å². The summed E-state index contributed by atoms with van der Waals surface area (Å²) >= 11 is 0. The fourth-order valence-corrected chi connectivity index (χ4v) is 2.59. The van der Waals surface area contributed by atoms with Crippen molar-refractivity contribution in [3.8, 4) is 0 Å². The number of nitrogens with one attached hydrogen (secondary N) is 1. The van der Waals surface area contributed by atoms with E-state index in [1.165, 1.54) is 0 Å². The first-order valence-corrected chi connectivity index (χ1v) is 7.02. The smallest absolute Gasteiger partial charge is 0.247 e. The molecule has 21 heavy (non-hydrogen) atoms. The van der Waals surface area contributed by atoms with Crippen LogP contribution in [0, 0.1) is 6.92 Å². The third-order valence-corrected chi connectivity index (χ3v) is 3.82. The fraction of sp³-hybridized carbons (Fsp3) is 0.500. The second kappa shape index (κ2) is 5.79. The minimum atomic E-state index is -0.0728. The summed E-state index contributed by atoms with van der Waals surface area (Å²) in [7, 11) is 2.07. The van der Waals surface area contributed by atoms with E-state index in [9.17, 15) is 4.79 Å². The summed E-state index contributed by atoms with van der Waals surface area (Å²) in [6.45, 7) is 5.37. The van der Waals surface area contributed by atoms with Gasteiger partial charge in [-0.25, -0.2) is 0 Å². The van der Waals surface area contributed by atoms with Crippen LogP contribution in [0.5, 0.6) is 0 Å². The van der Waals surface area contributed by atoms with Crippen molar-refractivity contribution in [3.05, 3.63) is 46.0 Å². The van der Waals surface area contributed by atoms with Gasteiger partial charge in [0.2, 0.25) is 11.4 Å². The number of piperazine rings is 1. The summed E-state index contributed by atoms with van der Waals surface area (Å²) < 4.78 is 5.31. The van der Waals surface area contributed by atoms with Gasteiger partial charge in [-0.05, 0) is 19.5 Å². The molecule has 1 aliphatic rings. The van der Waals surface area contributed by atoms with E-state index in [1.807, 2.05) is 13.0 Å². The molecule has 1 saturated heterocycles. The molecule has 0 aliphatic carbocycles. The van der Waals surface area contributed by atoms with Crippen molar-refractivity contribution in [2.45, 2.75) is 19.5 Å². The lowest BCUT2D eigenvalue weighted by molar-refractivity contribution is 0.0714. The largest absolute Gasteiger partial charge is 0.338 e. The van der Waals surface area contributed by atoms with Crippen molar-refractivity contribution < 1.29 is 4.52 Å². The van der Waals surface area contributed by atoms with Crippen LogP contribution in [0.1, 0.15) is 23.3 Å². The van der Waals surface area contributed by atoms with Crippen molar-refractivity contribution in [3.63, 3.8) is 0 Å². The van der Waals surface area contributed by atoms with Crippen molar-refractivity contribution in [1.82, 2.24) is 24.9 Å². The van der Waals surface area contributed by atoms with Gasteiger partial charge in [-0.3, -0.25) is 14.6 Å². The summed E-state index contributed by atoms with van der Waals surface area (Å²) in [4.78, 5) is 22.7. The van der Waals surface area contributed by atoms with Crippen LogP contribution >= 0.6 is 0 Å². The molecule has 2 aromatic rings. The van der Waals surface area contributed by atoms with E-state index in [0.717, 1.165) is 31.7 Å². The average molecular weight is 289 g/mol. The zero-order valence-corrected chi connectivity index (χ0v) is 12.2. The highest BCUT2D eigenvalue weighted by Crippen LogP contribution is 2.23. The number of rotatable bonds is 3. The Bertz CT molecular complexity index is 645. The SMILES string of the molecule is Cc1noc([C@@H]2CN(Cc3ccc(=O)[nH]c3)CCN2C)n1. The highest BCUT2D eigenvalue weighted by molar-refractivity contribution is 5.09. The molecular formula is C14H19N5O2. The van der Waals surface area contributed by atoms with Gasteiger partial charge in [0.1, 0.15) is 6.04 Å². The van der Waals surface area contributed by atoms with Crippen LogP contribution in [0.3, 0.4) is 0 Å². The van der Waals surface area contributed by atoms with Crippen molar-refractivity contribution in [2.24, 2.45) is 0 Å². The monoisotopic (exact) mass is 289 g/mol. The first kappa shape index (κ1) is 14.0. The minimum absolute atomic E-state index is 0.0728. The molecule has 0 spiro atoms. The average Bonchev–Trinajstić information content (AvgIpc) is 2.90. The fourth-order valence-electron chi connectivity index (χ4n) is 2.59. The highest BCUT2D eigenvalue weighted by atomic mass is 16.5. The van der Waals surface area contributed by atoms with Crippen LogP contribution in [-0.4, -0.2) is 51.6 Å². The number of pyridine rings is 1. The quantitative estimate of drug-likeness (QED) is 0.889. The number of aryl methyl sites for hydroxylation is 1. The van der Waals surface area contributed by atoms with Gasteiger partial charge >= 0.3 is 0 Å². The molecule has 112 valence electrons. The number of aromatic amines is 1. The third kappa shape index (κ3) is 3.20. The molecular weight excluding hydrogens is 270 g/mol. The van der Waals surface area contributed by atoms with E-state index < -0.39 is 0 Å². The lowest BCUT2D eigenvalue weighted by atomic mass is 10.1. The van der Waals surface area contributed by atoms with Crippen molar-refractivity contribution in [2.75, 3.05) is 26.7 Å². The molecule has 1 aliphatic heterocycles. The topological polar surface area (TPSA) is 78.3 Å². The molecule has 2 aromatic heterocycles. The molecule has 0 radical (unpaired) electrons. The maximum atomic E-state index is 11.1. The molecule has 1 N–H and O–H groups in total. The summed E-state index contributed by atoms with van der Waals surface area (Å²) in [5, 5.41) is 3.87. The van der Waals surface area contributed by atoms with Crippen molar-refractivity contribution >= 4 is 0 Å².